The highest BCUT2D eigenvalue weighted by atomic mass is 16.4. The number of carboxylic acids is 1. The van der Waals surface area contributed by atoms with Gasteiger partial charge in [-0.1, -0.05) is 27.7 Å². The lowest BCUT2D eigenvalue weighted by Gasteiger charge is -2.43. The second kappa shape index (κ2) is 7.96. The van der Waals surface area contributed by atoms with Crippen LogP contribution in [0.3, 0.4) is 0 Å². The van der Waals surface area contributed by atoms with Gasteiger partial charge in [0.05, 0.1) is 12.4 Å². The van der Waals surface area contributed by atoms with E-state index in [4.69, 9.17) is 5.11 Å². The number of hydrogen-bond donors (Lipinski definition) is 1. The molecule has 0 aliphatic carbocycles. The molecule has 0 aromatic carbocycles. The first-order chi connectivity index (χ1) is 13.7. The third-order valence-electron chi connectivity index (χ3n) is 5.47. The summed E-state index contributed by atoms with van der Waals surface area (Å²) in [5.41, 5.74) is -0.940. The highest BCUT2D eigenvalue weighted by Gasteiger charge is 2.57. The standard InChI is InChI=1S/C20H29N5O4/c1-13(2)11-24-18(28)20(25(19(24)29)12-14(3)4)5-7-23(8-6-20)16-10-21-9-15(22-16)17(26)27/h9-10,13-14H,5-8,11-12H2,1-4H3,(H,26,27). The molecule has 0 unspecified atom stereocenters. The van der Waals surface area contributed by atoms with Crippen molar-refractivity contribution in [2.24, 2.45) is 11.8 Å². The van der Waals surface area contributed by atoms with E-state index < -0.39 is 11.5 Å². The summed E-state index contributed by atoms with van der Waals surface area (Å²) in [6.07, 6.45) is 3.71. The molecule has 0 radical (unpaired) electrons. The van der Waals surface area contributed by atoms with Gasteiger partial charge in [0.25, 0.3) is 5.91 Å². The van der Waals surface area contributed by atoms with Gasteiger partial charge < -0.3 is 14.9 Å². The molecule has 2 aliphatic rings. The van der Waals surface area contributed by atoms with E-state index in [2.05, 4.69) is 9.97 Å². The van der Waals surface area contributed by atoms with Crippen molar-refractivity contribution in [3.8, 4) is 0 Å². The lowest BCUT2D eigenvalue weighted by molar-refractivity contribution is -0.134. The maximum Gasteiger partial charge on any atom is 0.356 e. The first-order valence-corrected chi connectivity index (χ1v) is 10.1. The Labute approximate surface area is 170 Å². The zero-order valence-corrected chi connectivity index (χ0v) is 17.5. The summed E-state index contributed by atoms with van der Waals surface area (Å²) in [4.78, 5) is 50.8. The number of carbonyl (C=O) groups excluding carboxylic acids is 2. The first-order valence-electron chi connectivity index (χ1n) is 10.1. The van der Waals surface area contributed by atoms with Crippen molar-refractivity contribution < 1.29 is 19.5 Å². The molecule has 29 heavy (non-hydrogen) atoms. The molecule has 3 rings (SSSR count). The number of anilines is 1. The lowest BCUT2D eigenvalue weighted by atomic mass is 9.85. The quantitative estimate of drug-likeness (QED) is 0.725. The molecule has 158 valence electrons. The van der Waals surface area contributed by atoms with Gasteiger partial charge in [-0.25, -0.2) is 14.6 Å². The molecule has 1 aromatic rings. The molecule has 2 saturated heterocycles. The Morgan fingerprint density at radius 1 is 1.10 bits per heavy atom. The average Bonchev–Trinajstić information content (AvgIpc) is 2.84. The number of aromatic carboxylic acids is 1. The van der Waals surface area contributed by atoms with Crippen molar-refractivity contribution in [1.82, 2.24) is 19.8 Å². The zero-order chi connectivity index (χ0) is 21.3. The Hall–Kier alpha value is -2.71. The fourth-order valence-electron chi connectivity index (χ4n) is 4.13. The SMILES string of the molecule is CC(C)CN1C(=O)N(CC(C)C)C2(CCN(c3cncc(C(=O)O)n3)CC2)C1=O. The van der Waals surface area contributed by atoms with Crippen LogP contribution in [0.1, 0.15) is 51.0 Å². The molecule has 0 atom stereocenters. The van der Waals surface area contributed by atoms with Crippen molar-refractivity contribution >= 4 is 23.7 Å². The maximum absolute atomic E-state index is 13.3. The predicted octanol–water partition coefficient (Wildman–Crippen LogP) is 2.09. The molecule has 2 aliphatic heterocycles. The van der Waals surface area contributed by atoms with E-state index in [0.29, 0.717) is 44.8 Å². The molecule has 1 aromatic heterocycles. The second-order valence-electron chi connectivity index (χ2n) is 8.68. The summed E-state index contributed by atoms with van der Waals surface area (Å²) in [5, 5.41) is 9.14. The Morgan fingerprint density at radius 3 is 2.28 bits per heavy atom. The van der Waals surface area contributed by atoms with Crippen molar-refractivity contribution in [1.29, 1.82) is 0 Å². The number of aromatic nitrogens is 2. The monoisotopic (exact) mass is 403 g/mol. The summed E-state index contributed by atoms with van der Waals surface area (Å²) in [5.74, 6) is -0.309. The van der Waals surface area contributed by atoms with Crippen LogP contribution >= 0.6 is 0 Å². The molecule has 9 heteroatoms. The van der Waals surface area contributed by atoms with Crippen molar-refractivity contribution in [2.45, 2.75) is 46.1 Å². The summed E-state index contributed by atoms with van der Waals surface area (Å²) < 4.78 is 0. The van der Waals surface area contributed by atoms with E-state index in [-0.39, 0.29) is 29.5 Å². The van der Waals surface area contributed by atoms with E-state index in [9.17, 15) is 14.4 Å². The number of piperidine rings is 1. The van der Waals surface area contributed by atoms with Gasteiger partial charge in [-0.15, -0.1) is 0 Å². The van der Waals surface area contributed by atoms with Crippen LogP contribution in [-0.2, 0) is 4.79 Å². The van der Waals surface area contributed by atoms with E-state index >= 15 is 0 Å². The molecule has 1 N–H and O–H groups in total. The normalized spacial score (nSPS) is 19.2. The number of nitrogens with zero attached hydrogens (tertiary/aromatic N) is 5. The molecule has 1 spiro atoms. The minimum Gasteiger partial charge on any atom is -0.476 e. The van der Waals surface area contributed by atoms with Crippen LogP contribution in [0.15, 0.2) is 12.4 Å². The van der Waals surface area contributed by atoms with Gasteiger partial charge in [0, 0.05) is 26.2 Å². The molecule has 9 nitrogen and oxygen atoms in total. The summed E-state index contributed by atoms with van der Waals surface area (Å²) >= 11 is 0. The summed E-state index contributed by atoms with van der Waals surface area (Å²) in [7, 11) is 0. The average molecular weight is 403 g/mol. The van der Waals surface area contributed by atoms with Gasteiger partial charge >= 0.3 is 12.0 Å². The third kappa shape index (κ3) is 3.90. The van der Waals surface area contributed by atoms with Crippen molar-refractivity contribution in [2.75, 3.05) is 31.1 Å². The zero-order valence-electron chi connectivity index (χ0n) is 17.5. The molecule has 0 bridgehead atoms. The summed E-state index contributed by atoms with van der Waals surface area (Å²) in [6, 6.07) is -0.196. The van der Waals surface area contributed by atoms with Gasteiger partial charge in [-0.05, 0) is 24.7 Å². The van der Waals surface area contributed by atoms with Gasteiger partial charge in [0.2, 0.25) is 0 Å². The van der Waals surface area contributed by atoms with Crippen molar-refractivity contribution in [3.05, 3.63) is 18.1 Å². The number of rotatable bonds is 6. The minimum atomic E-state index is -1.13. The number of amides is 3. The van der Waals surface area contributed by atoms with Gasteiger partial charge in [0.1, 0.15) is 11.4 Å². The molecule has 0 saturated carbocycles. The number of imide groups is 1. The third-order valence-corrected chi connectivity index (χ3v) is 5.47. The second-order valence-corrected chi connectivity index (χ2v) is 8.68. The number of carboxylic acid groups (broad SMARTS) is 1. The van der Waals surface area contributed by atoms with E-state index in [1.807, 2.05) is 32.6 Å². The van der Waals surface area contributed by atoms with E-state index in [1.54, 1.807) is 4.90 Å². The maximum atomic E-state index is 13.3. The first kappa shape index (κ1) is 21.0. The van der Waals surface area contributed by atoms with Crippen LogP contribution in [-0.4, -0.2) is 74.5 Å². The van der Waals surface area contributed by atoms with Crippen molar-refractivity contribution in [3.63, 3.8) is 0 Å². The molecular formula is C20H29N5O4. The van der Waals surface area contributed by atoms with Crippen LogP contribution in [0.2, 0.25) is 0 Å². The van der Waals surface area contributed by atoms with Crippen LogP contribution in [0.25, 0.3) is 0 Å². The molecule has 3 heterocycles. The van der Waals surface area contributed by atoms with E-state index in [0.717, 1.165) is 0 Å². The lowest BCUT2D eigenvalue weighted by Crippen LogP contribution is -2.57. The molecule has 3 amide bonds. The smallest absolute Gasteiger partial charge is 0.356 e. The van der Waals surface area contributed by atoms with Crippen LogP contribution < -0.4 is 4.90 Å². The van der Waals surface area contributed by atoms with Crippen LogP contribution in [0.5, 0.6) is 0 Å². The predicted molar refractivity (Wildman–Crippen MR) is 107 cm³/mol. The summed E-state index contributed by atoms with van der Waals surface area (Å²) in [6.45, 7) is 10.0. The number of urea groups is 1. The van der Waals surface area contributed by atoms with Gasteiger partial charge in [-0.3, -0.25) is 14.7 Å². The van der Waals surface area contributed by atoms with Crippen LogP contribution in [0.4, 0.5) is 10.6 Å². The topological polar surface area (TPSA) is 107 Å². The highest BCUT2D eigenvalue weighted by Crippen LogP contribution is 2.38. The highest BCUT2D eigenvalue weighted by molar-refractivity contribution is 6.07. The molecule has 2 fully saturated rings. The number of carbonyl (C=O) groups is 3. The Bertz CT molecular complexity index is 802. The van der Waals surface area contributed by atoms with Crippen LogP contribution in [0, 0.1) is 11.8 Å². The fourth-order valence-corrected chi connectivity index (χ4v) is 4.13. The largest absolute Gasteiger partial charge is 0.476 e. The molecular weight excluding hydrogens is 374 g/mol. The minimum absolute atomic E-state index is 0.109. The Morgan fingerprint density at radius 2 is 1.72 bits per heavy atom. The van der Waals surface area contributed by atoms with E-state index in [1.165, 1.54) is 17.3 Å². The fraction of sp³-hybridized carbons (Fsp3) is 0.650. The number of hydrogen-bond acceptors (Lipinski definition) is 6. The van der Waals surface area contributed by atoms with Gasteiger partial charge in [-0.2, -0.15) is 0 Å². The Balaban J connectivity index is 1.83. The Kier molecular flexibility index (Phi) is 5.77. The van der Waals surface area contributed by atoms with Gasteiger partial charge in [0.15, 0.2) is 5.69 Å².